The van der Waals surface area contributed by atoms with E-state index in [0.29, 0.717) is 6.42 Å². The molecule has 1 aromatic carbocycles. The predicted octanol–water partition coefficient (Wildman–Crippen LogP) is 3.19. The molecule has 3 nitrogen and oxygen atoms in total. The number of nitrogens with one attached hydrogen (secondary N) is 1. The summed E-state index contributed by atoms with van der Waals surface area (Å²) in [6.07, 6.45) is 0.529. The lowest BCUT2D eigenvalue weighted by Gasteiger charge is -2.02. The molecule has 0 aliphatic heterocycles. The number of benzene rings is 1. The van der Waals surface area contributed by atoms with Gasteiger partial charge in [0.25, 0.3) is 0 Å². The van der Waals surface area contributed by atoms with Gasteiger partial charge < -0.3 is 10.1 Å². The van der Waals surface area contributed by atoms with Crippen molar-refractivity contribution in [3.05, 3.63) is 34.4 Å². The van der Waals surface area contributed by atoms with Gasteiger partial charge in [-0.05, 0) is 24.3 Å². The summed E-state index contributed by atoms with van der Waals surface area (Å²) in [4.78, 5) is 14.0. The number of aromatic nitrogens is 1. The van der Waals surface area contributed by atoms with Crippen molar-refractivity contribution in [1.29, 1.82) is 0 Å². The van der Waals surface area contributed by atoms with Crippen molar-refractivity contribution >= 4 is 32.8 Å². The number of halogens is 1. The van der Waals surface area contributed by atoms with Crippen LogP contribution in [-0.4, -0.2) is 16.1 Å². The van der Waals surface area contributed by atoms with Crippen LogP contribution >= 0.6 is 15.9 Å². The van der Waals surface area contributed by atoms with Crippen molar-refractivity contribution in [1.82, 2.24) is 4.98 Å². The second-order valence-electron chi connectivity index (χ2n) is 3.97. The first-order valence-corrected chi connectivity index (χ1v) is 5.85. The molecule has 0 bridgehead atoms. The van der Waals surface area contributed by atoms with E-state index in [-0.39, 0.29) is 5.92 Å². The van der Waals surface area contributed by atoms with Gasteiger partial charge in [-0.3, -0.25) is 4.79 Å². The number of hydrogen-bond acceptors (Lipinski definition) is 1. The van der Waals surface area contributed by atoms with E-state index in [1.54, 1.807) is 6.92 Å². The largest absolute Gasteiger partial charge is 0.481 e. The lowest BCUT2D eigenvalue weighted by molar-refractivity contribution is -0.141. The summed E-state index contributed by atoms with van der Waals surface area (Å²) >= 11 is 3.41. The number of carboxylic acid groups (broad SMARTS) is 1. The van der Waals surface area contributed by atoms with Crippen LogP contribution in [0.3, 0.4) is 0 Å². The van der Waals surface area contributed by atoms with Gasteiger partial charge in [0.2, 0.25) is 0 Å². The van der Waals surface area contributed by atoms with Crippen molar-refractivity contribution in [3.8, 4) is 0 Å². The molecule has 0 saturated carbocycles. The highest BCUT2D eigenvalue weighted by molar-refractivity contribution is 9.10. The smallest absolute Gasteiger partial charge is 0.306 e. The van der Waals surface area contributed by atoms with Crippen LogP contribution in [0.5, 0.6) is 0 Å². The van der Waals surface area contributed by atoms with Crippen LogP contribution in [0.4, 0.5) is 0 Å². The normalized spacial score (nSPS) is 12.9. The van der Waals surface area contributed by atoms with Gasteiger partial charge in [0.05, 0.1) is 5.92 Å². The zero-order valence-electron chi connectivity index (χ0n) is 8.83. The maximum Gasteiger partial charge on any atom is 0.306 e. The van der Waals surface area contributed by atoms with E-state index in [9.17, 15) is 4.79 Å². The Morgan fingerprint density at radius 2 is 2.25 bits per heavy atom. The number of carboxylic acids is 1. The summed E-state index contributed by atoms with van der Waals surface area (Å²) in [5, 5.41) is 9.94. The Kier molecular flexibility index (Phi) is 3.01. The van der Waals surface area contributed by atoms with Gasteiger partial charge >= 0.3 is 5.97 Å². The van der Waals surface area contributed by atoms with Gasteiger partial charge in [-0.1, -0.05) is 22.9 Å². The summed E-state index contributed by atoms with van der Waals surface area (Å²) < 4.78 is 1.02. The van der Waals surface area contributed by atoms with Gasteiger partial charge in [-0.2, -0.15) is 0 Å². The van der Waals surface area contributed by atoms with Gasteiger partial charge in [0.15, 0.2) is 0 Å². The van der Waals surface area contributed by atoms with Gasteiger partial charge in [-0.25, -0.2) is 0 Å². The van der Waals surface area contributed by atoms with Crippen LogP contribution in [0.15, 0.2) is 28.7 Å². The zero-order chi connectivity index (χ0) is 11.7. The Labute approximate surface area is 102 Å². The molecular formula is C12H12BrNO2. The SMILES string of the molecule is CC(Cc1cc2cc(Br)ccc2[nH]1)C(=O)O. The second kappa shape index (κ2) is 4.29. The average Bonchev–Trinajstić information content (AvgIpc) is 2.58. The number of aliphatic carboxylic acids is 1. The number of H-pyrrole nitrogens is 1. The Balaban J connectivity index is 2.29. The number of hydrogen-bond donors (Lipinski definition) is 2. The third kappa shape index (κ3) is 2.27. The zero-order valence-corrected chi connectivity index (χ0v) is 10.4. The molecule has 1 heterocycles. The number of fused-ring (bicyclic) bond motifs is 1. The average molecular weight is 282 g/mol. The van der Waals surface area contributed by atoms with Crippen molar-refractivity contribution < 1.29 is 9.90 Å². The van der Waals surface area contributed by atoms with Crippen LogP contribution in [-0.2, 0) is 11.2 Å². The molecule has 2 N–H and O–H groups in total. The lowest BCUT2D eigenvalue weighted by Crippen LogP contribution is -2.12. The minimum absolute atomic E-state index is 0.364. The molecule has 0 fully saturated rings. The van der Waals surface area contributed by atoms with E-state index in [1.807, 2.05) is 24.3 Å². The molecule has 0 aliphatic carbocycles. The molecule has 2 aromatic rings. The quantitative estimate of drug-likeness (QED) is 0.908. The van der Waals surface area contributed by atoms with Crippen molar-refractivity contribution in [2.75, 3.05) is 0 Å². The van der Waals surface area contributed by atoms with Crippen molar-refractivity contribution in [2.24, 2.45) is 5.92 Å². The van der Waals surface area contributed by atoms with Crippen molar-refractivity contribution in [2.45, 2.75) is 13.3 Å². The third-order valence-corrected chi connectivity index (χ3v) is 3.08. The molecular weight excluding hydrogens is 270 g/mol. The fourth-order valence-electron chi connectivity index (χ4n) is 1.69. The minimum atomic E-state index is -0.764. The Hall–Kier alpha value is -1.29. The van der Waals surface area contributed by atoms with E-state index in [1.165, 1.54) is 0 Å². The summed E-state index contributed by atoms with van der Waals surface area (Å²) in [5.41, 5.74) is 2.00. The van der Waals surface area contributed by atoms with Crippen LogP contribution in [0.25, 0.3) is 10.9 Å². The number of rotatable bonds is 3. The highest BCUT2D eigenvalue weighted by Crippen LogP contribution is 2.21. The maximum atomic E-state index is 10.8. The second-order valence-corrected chi connectivity index (χ2v) is 4.89. The van der Waals surface area contributed by atoms with Gasteiger partial charge in [0, 0.05) is 27.5 Å². The van der Waals surface area contributed by atoms with Crippen LogP contribution in [0.1, 0.15) is 12.6 Å². The molecule has 0 saturated heterocycles. The number of carbonyl (C=O) groups is 1. The van der Waals surface area contributed by atoms with Crippen LogP contribution < -0.4 is 0 Å². The van der Waals surface area contributed by atoms with E-state index in [0.717, 1.165) is 21.1 Å². The first-order valence-electron chi connectivity index (χ1n) is 5.06. The monoisotopic (exact) mass is 281 g/mol. The highest BCUT2D eigenvalue weighted by Gasteiger charge is 2.12. The van der Waals surface area contributed by atoms with Gasteiger partial charge in [-0.15, -0.1) is 0 Å². The molecule has 0 aliphatic rings. The van der Waals surface area contributed by atoms with Crippen LogP contribution in [0.2, 0.25) is 0 Å². The standard InChI is InChI=1S/C12H12BrNO2/c1-7(12(15)16)4-10-6-8-5-9(13)2-3-11(8)14-10/h2-3,5-7,14H,4H2,1H3,(H,15,16). The Morgan fingerprint density at radius 3 is 2.94 bits per heavy atom. The molecule has 0 amide bonds. The Morgan fingerprint density at radius 1 is 1.50 bits per heavy atom. The molecule has 1 atom stereocenters. The molecule has 1 aromatic heterocycles. The van der Waals surface area contributed by atoms with Crippen LogP contribution in [0, 0.1) is 5.92 Å². The number of aromatic amines is 1. The fourth-order valence-corrected chi connectivity index (χ4v) is 2.07. The molecule has 2 rings (SSSR count). The van der Waals surface area contributed by atoms with Crippen molar-refractivity contribution in [3.63, 3.8) is 0 Å². The maximum absolute atomic E-state index is 10.8. The summed E-state index contributed by atoms with van der Waals surface area (Å²) in [7, 11) is 0. The molecule has 84 valence electrons. The van der Waals surface area contributed by atoms with E-state index < -0.39 is 5.97 Å². The topological polar surface area (TPSA) is 53.1 Å². The first-order chi connectivity index (χ1) is 7.56. The Bertz CT molecular complexity index is 533. The lowest BCUT2D eigenvalue weighted by atomic mass is 10.1. The van der Waals surface area contributed by atoms with Gasteiger partial charge in [0.1, 0.15) is 0 Å². The molecule has 1 unspecified atom stereocenters. The minimum Gasteiger partial charge on any atom is -0.481 e. The summed E-state index contributed by atoms with van der Waals surface area (Å²) in [6.45, 7) is 1.71. The molecule has 4 heteroatoms. The van der Waals surface area contributed by atoms with E-state index in [2.05, 4.69) is 20.9 Å². The van der Waals surface area contributed by atoms with E-state index >= 15 is 0 Å². The third-order valence-electron chi connectivity index (χ3n) is 2.59. The highest BCUT2D eigenvalue weighted by atomic mass is 79.9. The fraction of sp³-hybridized carbons (Fsp3) is 0.250. The molecule has 16 heavy (non-hydrogen) atoms. The summed E-state index contributed by atoms with van der Waals surface area (Å²) in [6, 6.07) is 7.96. The molecule has 0 spiro atoms. The summed E-state index contributed by atoms with van der Waals surface area (Å²) in [5.74, 6) is -1.13. The molecule has 0 radical (unpaired) electrons. The predicted molar refractivity (Wildman–Crippen MR) is 66.5 cm³/mol. The van der Waals surface area contributed by atoms with E-state index in [4.69, 9.17) is 5.11 Å². The first kappa shape index (κ1) is 11.2.